The Kier molecular flexibility index (Phi) is 6.82. The predicted octanol–water partition coefficient (Wildman–Crippen LogP) is 3.35. The number of nitrogens with zero attached hydrogens (tertiary/aromatic N) is 5. The Morgan fingerprint density at radius 3 is 2.76 bits per heavy atom. The van der Waals surface area contributed by atoms with Gasteiger partial charge < -0.3 is 14.4 Å². The van der Waals surface area contributed by atoms with Crippen LogP contribution in [0.2, 0.25) is 0 Å². The fraction of sp³-hybridized carbons (Fsp3) is 0.375. The van der Waals surface area contributed by atoms with Crippen molar-refractivity contribution in [2.45, 2.75) is 19.6 Å². The number of rotatable bonds is 8. The molecule has 4 aromatic rings. The van der Waals surface area contributed by atoms with Gasteiger partial charge in [-0.2, -0.15) is 4.98 Å². The number of β-amino-alcohol motifs (C(OH)–C–C–N with tert-alkyl or cyclic N) is 1. The second kappa shape index (κ2) is 10.1. The third-order valence-corrected chi connectivity index (χ3v) is 6.70. The fourth-order valence-corrected chi connectivity index (χ4v) is 4.85. The van der Waals surface area contributed by atoms with Gasteiger partial charge in [-0.25, -0.2) is 9.37 Å². The first-order chi connectivity index (χ1) is 16.5. The molecule has 0 spiro atoms. The summed E-state index contributed by atoms with van der Waals surface area (Å²) in [5, 5.41) is 15.5. The Morgan fingerprint density at radius 2 is 1.94 bits per heavy atom. The van der Waals surface area contributed by atoms with Gasteiger partial charge in [0.05, 0.1) is 21.8 Å². The smallest absolute Gasteiger partial charge is 0.258 e. The van der Waals surface area contributed by atoms with Gasteiger partial charge in [-0.3, -0.25) is 9.80 Å². The standard InChI is InChI=1S/C24H26FN5O3S/c1-16-26-21-12-20(5-6-22(21)34-16)32-15-19(31)13-29-7-9-30(10-8-29)14-23-27-24(33-28-23)17-3-2-4-18(25)11-17/h2-6,11-12,19,31H,7-10,13-15H2,1H3. The van der Waals surface area contributed by atoms with Crippen LogP contribution in [-0.2, 0) is 6.54 Å². The molecule has 34 heavy (non-hydrogen) atoms. The monoisotopic (exact) mass is 483 g/mol. The van der Waals surface area contributed by atoms with Crippen molar-refractivity contribution in [2.24, 2.45) is 0 Å². The molecule has 2 aromatic heterocycles. The second-order valence-corrected chi connectivity index (χ2v) is 9.66. The number of ether oxygens (including phenoxy) is 1. The van der Waals surface area contributed by atoms with E-state index >= 15 is 0 Å². The van der Waals surface area contributed by atoms with Gasteiger partial charge in [-0.1, -0.05) is 11.2 Å². The SMILES string of the molecule is Cc1nc2cc(OCC(O)CN3CCN(Cc4noc(-c5cccc(F)c5)n4)CC3)ccc2s1. The van der Waals surface area contributed by atoms with Gasteiger partial charge in [0.15, 0.2) is 5.82 Å². The lowest BCUT2D eigenvalue weighted by Crippen LogP contribution is -2.48. The van der Waals surface area contributed by atoms with Gasteiger partial charge in [-0.15, -0.1) is 11.3 Å². The number of fused-ring (bicyclic) bond motifs is 1. The summed E-state index contributed by atoms with van der Waals surface area (Å²) in [4.78, 5) is 13.4. The number of aromatic nitrogens is 3. The van der Waals surface area contributed by atoms with Gasteiger partial charge in [0.25, 0.3) is 5.89 Å². The minimum atomic E-state index is -0.578. The van der Waals surface area contributed by atoms with E-state index in [9.17, 15) is 9.50 Å². The molecule has 178 valence electrons. The number of aliphatic hydroxyl groups excluding tert-OH is 1. The number of aliphatic hydroxyl groups is 1. The van der Waals surface area contributed by atoms with E-state index in [4.69, 9.17) is 9.26 Å². The summed E-state index contributed by atoms with van der Waals surface area (Å²) in [6, 6.07) is 12.0. The quantitative estimate of drug-likeness (QED) is 0.408. The first-order valence-corrected chi connectivity index (χ1v) is 12.0. The molecule has 0 saturated carbocycles. The molecule has 1 saturated heterocycles. The van der Waals surface area contributed by atoms with Crippen molar-refractivity contribution >= 4 is 21.6 Å². The van der Waals surface area contributed by atoms with E-state index in [2.05, 4.69) is 24.9 Å². The van der Waals surface area contributed by atoms with E-state index in [1.807, 2.05) is 25.1 Å². The molecule has 1 N–H and O–H groups in total. The van der Waals surface area contributed by atoms with Crippen molar-refractivity contribution in [1.29, 1.82) is 0 Å². The molecule has 0 radical (unpaired) electrons. The molecule has 1 atom stereocenters. The number of thiazole rings is 1. The molecule has 1 unspecified atom stereocenters. The minimum Gasteiger partial charge on any atom is -0.491 e. The Morgan fingerprint density at radius 1 is 1.12 bits per heavy atom. The van der Waals surface area contributed by atoms with Crippen LogP contribution in [0.1, 0.15) is 10.8 Å². The number of piperazine rings is 1. The van der Waals surface area contributed by atoms with Crippen molar-refractivity contribution in [3.05, 3.63) is 59.1 Å². The lowest BCUT2D eigenvalue weighted by Gasteiger charge is -2.34. The number of benzene rings is 2. The Labute approximate surface area is 200 Å². The molecule has 8 nitrogen and oxygen atoms in total. The van der Waals surface area contributed by atoms with Gasteiger partial charge in [-0.05, 0) is 37.3 Å². The number of hydrogen-bond donors (Lipinski definition) is 1. The lowest BCUT2D eigenvalue weighted by molar-refractivity contribution is 0.0440. The van der Waals surface area contributed by atoms with Gasteiger partial charge >= 0.3 is 0 Å². The van der Waals surface area contributed by atoms with Crippen LogP contribution in [0, 0.1) is 12.7 Å². The summed E-state index contributed by atoms with van der Waals surface area (Å²) in [7, 11) is 0. The van der Waals surface area contributed by atoms with Crippen LogP contribution in [0.4, 0.5) is 4.39 Å². The fourth-order valence-electron chi connectivity index (χ4n) is 4.04. The number of aryl methyl sites for hydroxylation is 1. The highest BCUT2D eigenvalue weighted by atomic mass is 32.1. The van der Waals surface area contributed by atoms with Crippen LogP contribution in [0.15, 0.2) is 47.0 Å². The van der Waals surface area contributed by atoms with E-state index in [1.54, 1.807) is 23.5 Å². The summed E-state index contributed by atoms with van der Waals surface area (Å²) in [6.45, 7) is 6.66. The molecule has 3 heterocycles. The zero-order chi connectivity index (χ0) is 23.5. The molecule has 5 rings (SSSR count). The summed E-state index contributed by atoms with van der Waals surface area (Å²) in [6.07, 6.45) is -0.578. The first-order valence-electron chi connectivity index (χ1n) is 11.2. The van der Waals surface area contributed by atoms with Crippen molar-refractivity contribution in [3.63, 3.8) is 0 Å². The molecule has 1 aliphatic rings. The van der Waals surface area contributed by atoms with Gasteiger partial charge in [0.2, 0.25) is 0 Å². The van der Waals surface area contributed by atoms with Crippen molar-refractivity contribution in [3.8, 4) is 17.2 Å². The number of halogens is 1. The molecule has 10 heteroatoms. The van der Waals surface area contributed by atoms with E-state index in [1.165, 1.54) is 12.1 Å². The van der Waals surface area contributed by atoms with Crippen LogP contribution in [0.5, 0.6) is 5.75 Å². The van der Waals surface area contributed by atoms with E-state index in [-0.39, 0.29) is 12.4 Å². The Balaban J connectivity index is 1.06. The summed E-state index contributed by atoms with van der Waals surface area (Å²) in [5.41, 5.74) is 1.50. The van der Waals surface area contributed by atoms with Crippen molar-refractivity contribution in [2.75, 3.05) is 39.3 Å². The highest BCUT2D eigenvalue weighted by molar-refractivity contribution is 7.18. The Bertz CT molecular complexity index is 1250. The van der Waals surface area contributed by atoms with Crippen LogP contribution in [0.3, 0.4) is 0 Å². The molecule has 0 bridgehead atoms. The molecular weight excluding hydrogens is 457 g/mol. The summed E-state index contributed by atoms with van der Waals surface area (Å²) < 4.78 is 25.6. The third-order valence-electron chi connectivity index (χ3n) is 5.75. The number of hydrogen-bond acceptors (Lipinski definition) is 9. The lowest BCUT2D eigenvalue weighted by atomic mass is 10.2. The molecular formula is C24H26FN5O3S. The highest BCUT2D eigenvalue weighted by Gasteiger charge is 2.21. The van der Waals surface area contributed by atoms with Crippen LogP contribution < -0.4 is 4.74 Å². The van der Waals surface area contributed by atoms with Crippen molar-refractivity contribution < 1.29 is 18.8 Å². The maximum Gasteiger partial charge on any atom is 0.258 e. The first kappa shape index (κ1) is 22.9. The van der Waals surface area contributed by atoms with Gasteiger partial charge in [0, 0.05) is 44.4 Å². The van der Waals surface area contributed by atoms with Crippen LogP contribution in [-0.4, -0.2) is 75.5 Å². The molecule has 2 aromatic carbocycles. The molecule has 0 aliphatic carbocycles. The topological polar surface area (TPSA) is 87.8 Å². The maximum atomic E-state index is 13.4. The third kappa shape index (κ3) is 5.58. The van der Waals surface area contributed by atoms with Gasteiger partial charge in [0.1, 0.15) is 24.3 Å². The maximum absolute atomic E-state index is 13.4. The highest BCUT2D eigenvalue weighted by Crippen LogP contribution is 2.25. The van der Waals surface area contributed by atoms with E-state index in [0.717, 1.165) is 47.2 Å². The van der Waals surface area contributed by atoms with Crippen LogP contribution >= 0.6 is 11.3 Å². The summed E-state index contributed by atoms with van der Waals surface area (Å²) in [5.74, 6) is 1.28. The molecule has 1 fully saturated rings. The largest absolute Gasteiger partial charge is 0.491 e. The van der Waals surface area contributed by atoms with Crippen molar-refractivity contribution in [1.82, 2.24) is 24.9 Å². The zero-order valence-electron chi connectivity index (χ0n) is 18.9. The molecule has 1 aliphatic heterocycles. The van der Waals surface area contributed by atoms with Crippen LogP contribution in [0.25, 0.3) is 21.7 Å². The minimum absolute atomic E-state index is 0.237. The average molecular weight is 484 g/mol. The second-order valence-electron chi connectivity index (χ2n) is 8.43. The zero-order valence-corrected chi connectivity index (χ0v) is 19.7. The average Bonchev–Trinajstić information content (AvgIpc) is 3.44. The summed E-state index contributed by atoms with van der Waals surface area (Å²) >= 11 is 1.66. The normalized spacial score (nSPS) is 16.2. The van der Waals surface area contributed by atoms with E-state index < -0.39 is 6.10 Å². The van der Waals surface area contributed by atoms with E-state index in [0.29, 0.717) is 30.4 Å². The Hall–Kier alpha value is -2.92. The molecule has 0 amide bonds. The predicted molar refractivity (Wildman–Crippen MR) is 127 cm³/mol.